The van der Waals surface area contributed by atoms with E-state index in [1.165, 1.54) is 26.2 Å². The van der Waals surface area contributed by atoms with Crippen LogP contribution < -0.4 is 5.32 Å². The molecule has 0 aromatic heterocycles. The van der Waals surface area contributed by atoms with Gasteiger partial charge in [0.1, 0.15) is 11.9 Å². The lowest BCUT2D eigenvalue weighted by molar-refractivity contribution is -0.144. The summed E-state index contributed by atoms with van der Waals surface area (Å²) in [4.78, 5) is 36.8. The molecule has 1 amide bonds. The highest BCUT2D eigenvalue weighted by Crippen LogP contribution is 2.44. The molecule has 9 heteroatoms. The van der Waals surface area contributed by atoms with Gasteiger partial charge < -0.3 is 10.1 Å². The van der Waals surface area contributed by atoms with Gasteiger partial charge >= 0.3 is 5.97 Å². The van der Waals surface area contributed by atoms with E-state index >= 15 is 0 Å². The van der Waals surface area contributed by atoms with Crippen LogP contribution in [0.5, 0.6) is 0 Å². The van der Waals surface area contributed by atoms with Crippen molar-refractivity contribution in [1.29, 1.82) is 0 Å². The summed E-state index contributed by atoms with van der Waals surface area (Å²) in [6.07, 6.45) is 3.61. The molecule has 3 rings (SSSR count). The molecule has 1 unspecified atom stereocenters. The highest BCUT2D eigenvalue weighted by atomic mass is 32.2. The standard InChI is InChI=1S/C26H26FNO5S2/c1-15-21(11-17-5-8-19(9-6-17)35(4)32)20-10-7-18(27)12-23(20)22(15)13-25(30)34-14-24(26(31)33-3)28-16(2)29/h5-12,24H,13-14H2,1-4H3,(H,28,29)/t24-,35?/m0/s1. The number of allylic oxidation sites excluding steroid dienone is 3. The van der Waals surface area contributed by atoms with Crippen LogP contribution in [0.1, 0.15) is 37.0 Å². The van der Waals surface area contributed by atoms with Gasteiger partial charge in [-0.25, -0.2) is 9.18 Å². The average Bonchev–Trinajstić information content (AvgIpc) is 3.06. The molecule has 1 N–H and O–H groups in total. The molecule has 0 heterocycles. The zero-order chi connectivity index (χ0) is 25.7. The van der Waals surface area contributed by atoms with Crippen LogP contribution in [-0.2, 0) is 29.9 Å². The summed E-state index contributed by atoms with van der Waals surface area (Å²) < 4.78 is 30.5. The van der Waals surface area contributed by atoms with Crippen molar-refractivity contribution in [3.63, 3.8) is 0 Å². The molecule has 0 fully saturated rings. The summed E-state index contributed by atoms with van der Waals surface area (Å²) in [5.41, 5.74) is 4.81. The minimum atomic E-state index is -1.08. The number of hydrogen-bond donors (Lipinski definition) is 1. The predicted molar refractivity (Wildman–Crippen MR) is 137 cm³/mol. The Morgan fingerprint density at radius 3 is 2.43 bits per heavy atom. The van der Waals surface area contributed by atoms with Crippen LogP contribution in [0.2, 0.25) is 0 Å². The molecule has 2 atom stereocenters. The van der Waals surface area contributed by atoms with Gasteiger partial charge in [0.25, 0.3) is 0 Å². The van der Waals surface area contributed by atoms with Crippen molar-refractivity contribution >= 4 is 56.8 Å². The summed E-state index contributed by atoms with van der Waals surface area (Å²) in [5, 5.41) is 2.26. The first-order valence-electron chi connectivity index (χ1n) is 10.8. The summed E-state index contributed by atoms with van der Waals surface area (Å²) >= 11 is 0.917. The number of esters is 1. The lowest BCUT2D eigenvalue weighted by atomic mass is 10.0. The minimum Gasteiger partial charge on any atom is -0.467 e. The molecule has 0 saturated heterocycles. The average molecular weight is 516 g/mol. The van der Waals surface area contributed by atoms with Crippen molar-refractivity contribution in [2.75, 3.05) is 19.1 Å². The smallest absolute Gasteiger partial charge is 0.329 e. The summed E-state index contributed by atoms with van der Waals surface area (Å²) in [6, 6.07) is 10.9. The molecule has 2 aromatic carbocycles. The van der Waals surface area contributed by atoms with Gasteiger partial charge in [-0.3, -0.25) is 13.8 Å². The first-order chi connectivity index (χ1) is 16.6. The van der Waals surface area contributed by atoms with E-state index in [2.05, 4.69) is 5.32 Å². The van der Waals surface area contributed by atoms with Crippen LogP contribution in [0.15, 0.2) is 52.9 Å². The number of carbonyl (C=O) groups excluding carboxylic acids is 3. The predicted octanol–water partition coefficient (Wildman–Crippen LogP) is 4.22. The highest BCUT2D eigenvalue weighted by molar-refractivity contribution is 8.13. The largest absolute Gasteiger partial charge is 0.467 e. The van der Waals surface area contributed by atoms with E-state index < -0.39 is 34.5 Å². The van der Waals surface area contributed by atoms with Crippen LogP contribution >= 0.6 is 11.8 Å². The van der Waals surface area contributed by atoms with E-state index in [1.54, 1.807) is 24.5 Å². The zero-order valence-corrected chi connectivity index (χ0v) is 21.5. The first-order valence-corrected chi connectivity index (χ1v) is 13.3. The molecular formula is C26H26FNO5S2. The molecule has 0 aliphatic heterocycles. The van der Waals surface area contributed by atoms with Crippen LogP contribution in [0.4, 0.5) is 4.39 Å². The van der Waals surface area contributed by atoms with Crippen molar-refractivity contribution in [3.8, 4) is 0 Å². The normalized spacial score (nSPS) is 15.5. The van der Waals surface area contributed by atoms with Crippen molar-refractivity contribution < 1.29 is 27.7 Å². The van der Waals surface area contributed by atoms with Crippen LogP contribution in [0, 0.1) is 5.82 Å². The molecule has 2 aromatic rings. The summed E-state index contributed by atoms with van der Waals surface area (Å²) in [7, 11) is 0.137. The third-order valence-electron chi connectivity index (χ3n) is 5.57. The quantitative estimate of drug-likeness (QED) is 0.530. The topological polar surface area (TPSA) is 89.5 Å². The number of fused-ring (bicyclic) bond motifs is 1. The van der Waals surface area contributed by atoms with E-state index in [-0.39, 0.29) is 17.3 Å². The number of hydrogen-bond acceptors (Lipinski definition) is 6. The van der Waals surface area contributed by atoms with Gasteiger partial charge in [0, 0.05) is 41.0 Å². The maximum absolute atomic E-state index is 14.1. The Hall–Kier alpha value is -3.04. The Morgan fingerprint density at radius 1 is 1.14 bits per heavy atom. The van der Waals surface area contributed by atoms with Crippen LogP contribution in [0.25, 0.3) is 17.2 Å². The third kappa shape index (κ3) is 6.55. The molecule has 0 spiro atoms. The van der Waals surface area contributed by atoms with E-state index in [0.29, 0.717) is 11.1 Å². The Kier molecular flexibility index (Phi) is 8.80. The third-order valence-corrected chi connectivity index (χ3v) is 7.47. The number of rotatable bonds is 8. The molecule has 1 aliphatic carbocycles. The summed E-state index contributed by atoms with van der Waals surface area (Å²) in [5.74, 6) is -1.41. The maximum atomic E-state index is 14.1. The maximum Gasteiger partial charge on any atom is 0.329 e. The molecule has 6 nitrogen and oxygen atoms in total. The van der Waals surface area contributed by atoms with Gasteiger partial charge in [0.05, 0.1) is 7.11 Å². The fourth-order valence-corrected chi connectivity index (χ4v) is 5.17. The van der Waals surface area contributed by atoms with E-state index in [1.807, 2.05) is 25.1 Å². The summed E-state index contributed by atoms with van der Waals surface area (Å²) in [6.45, 7) is 3.17. The number of benzene rings is 2. The van der Waals surface area contributed by atoms with Crippen LogP contribution in [-0.4, -0.2) is 46.4 Å². The van der Waals surface area contributed by atoms with Crippen molar-refractivity contribution in [1.82, 2.24) is 5.32 Å². The fraction of sp³-hybridized carbons (Fsp3) is 0.269. The minimum absolute atomic E-state index is 0.0290. The number of thioether (sulfide) groups is 1. The molecule has 0 saturated carbocycles. The Morgan fingerprint density at radius 2 is 1.83 bits per heavy atom. The van der Waals surface area contributed by atoms with E-state index in [9.17, 15) is 23.0 Å². The monoisotopic (exact) mass is 515 g/mol. The number of methoxy groups -OCH3 is 1. The second-order valence-electron chi connectivity index (χ2n) is 8.01. The van der Waals surface area contributed by atoms with Crippen molar-refractivity contribution in [2.24, 2.45) is 0 Å². The van der Waals surface area contributed by atoms with Gasteiger partial charge in [-0.2, -0.15) is 0 Å². The van der Waals surface area contributed by atoms with E-state index in [0.717, 1.165) is 38.9 Å². The van der Waals surface area contributed by atoms with E-state index in [4.69, 9.17) is 4.74 Å². The lowest BCUT2D eigenvalue weighted by Gasteiger charge is -2.14. The molecule has 0 radical (unpaired) electrons. The van der Waals surface area contributed by atoms with Gasteiger partial charge in [0.15, 0.2) is 5.12 Å². The number of nitrogens with one attached hydrogen (secondary N) is 1. The van der Waals surface area contributed by atoms with Gasteiger partial charge in [-0.1, -0.05) is 30.0 Å². The molecular weight excluding hydrogens is 489 g/mol. The Labute approximate surface area is 210 Å². The van der Waals surface area contributed by atoms with Crippen molar-refractivity contribution in [3.05, 3.63) is 70.5 Å². The van der Waals surface area contributed by atoms with Crippen molar-refractivity contribution in [2.45, 2.75) is 31.2 Å². The Balaban J connectivity index is 1.86. The molecule has 35 heavy (non-hydrogen) atoms. The second kappa shape index (κ2) is 11.6. The number of halogens is 1. The molecule has 1 aliphatic rings. The van der Waals surface area contributed by atoms with Gasteiger partial charge in [-0.15, -0.1) is 0 Å². The number of carbonyl (C=O) groups is 3. The van der Waals surface area contributed by atoms with Gasteiger partial charge in [-0.05, 0) is 70.7 Å². The SMILES string of the molecule is COC(=O)[C@H](CSC(=O)CC1=C(C)C(=Cc2ccc(S(C)=O)cc2)c2ccc(F)cc21)NC(C)=O. The fourth-order valence-electron chi connectivity index (χ4n) is 3.83. The highest BCUT2D eigenvalue weighted by Gasteiger charge is 2.27. The number of amides is 1. The first kappa shape index (κ1) is 26.6. The van der Waals surface area contributed by atoms with Gasteiger partial charge in [0.2, 0.25) is 5.91 Å². The lowest BCUT2D eigenvalue weighted by Crippen LogP contribution is -2.42. The molecule has 0 bridgehead atoms. The Bertz CT molecular complexity index is 1250. The number of ether oxygens (including phenoxy) is 1. The zero-order valence-electron chi connectivity index (χ0n) is 19.8. The second-order valence-corrected chi connectivity index (χ2v) is 10.5. The van der Waals surface area contributed by atoms with Crippen LogP contribution in [0.3, 0.4) is 0 Å². The molecule has 184 valence electrons.